The molecular formula is C23H22FN5O2. The van der Waals surface area contributed by atoms with Gasteiger partial charge in [-0.05, 0) is 63.2 Å². The normalized spacial score (nSPS) is 11.0. The third-order valence-corrected chi connectivity index (χ3v) is 4.77. The number of fused-ring (bicyclic) bond motifs is 1. The molecule has 0 atom stereocenters. The number of benzene rings is 2. The molecule has 7 nitrogen and oxygen atoms in total. The summed E-state index contributed by atoms with van der Waals surface area (Å²) in [6.45, 7) is 6.29. The minimum atomic E-state index is -0.584. The van der Waals surface area contributed by atoms with Gasteiger partial charge in [0.1, 0.15) is 11.6 Å². The number of aryl methyl sites for hydroxylation is 2. The zero-order valence-electron chi connectivity index (χ0n) is 17.5. The summed E-state index contributed by atoms with van der Waals surface area (Å²) in [5, 5.41) is 4.49. The van der Waals surface area contributed by atoms with E-state index in [4.69, 9.17) is 4.74 Å². The maximum Gasteiger partial charge on any atom is 0.261 e. The van der Waals surface area contributed by atoms with E-state index in [2.05, 4.69) is 15.1 Å². The fraction of sp³-hybridized carbons (Fsp3) is 0.217. The Balaban J connectivity index is 1.74. The molecule has 4 rings (SSSR count). The molecule has 2 aromatic heterocycles. The first-order chi connectivity index (χ1) is 15.0. The van der Waals surface area contributed by atoms with Gasteiger partial charge in [-0.2, -0.15) is 4.98 Å². The van der Waals surface area contributed by atoms with Gasteiger partial charge < -0.3 is 9.64 Å². The number of hydrogen-bond donors (Lipinski definition) is 0. The van der Waals surface area contributed by atoms with Crippen molar-refractivity contribution in [3.8, 4) is 5.75 Å². The van der Waals surface area contributed by atoms with Crippen LogP contribution in [0.3, 0.4) is 0 Å². The molecule has 8 heteroatoms. The molecule has 0 saturated heterocycles. The van der Waals surface area contributed by atoms with Crippen molar-refractivity contribution in [3.63, 3.8) is 0 Å². The molecule has 4 aromatic rings. The smallest absolute Gasteiger partial charge is 0.261 e. The summed E-state index contributed by atoms with van der Waals surface area (Å²) in [6.07, 6.45) is 0. The van der Waals surface area contributed by atoms with Crippen molar-refractivity contribution in [1.29, 1.82) is 0 Å². The molecule has 2 aromatic carbocycles. The highest BCUT2D eigenvalue weighted by molar-refractivity contribution is 6.06. The second-order valence-electron chi connectivity index (χ2n) is 7.08. The quantitative estimate of drug-likeness (QED) is 0.470. The van der Waals surface area contributed by atoms with Gasteiger partial charge in [0.2, 0.25) is 0 Å². The molecular weight excluding hydrogens is 397 g/mol. The molecule has 1 amide bonds. The van der Waals surface area contributed by atoms with Crippen LogP contribution in [0.2, 0.25) is 0 Å². The lowest BCUT2D eigenvalue weighted by Crippen LogP contribution is -2.31. The number of rotatable bonds is 6. The van der Waals surface area contributed by atoms with Crippen LogP contribution in [0.4, 0.5) is 10.1 Å². The van der Waals surface area contributed by atoms with Crippen LogP contribution in [0.15, 0.2) is 54.6 Å². The first kappa shape index (κ1) is 20.5. The van der Waals surface area contributed by atoms with E-state index in [1.807, 2.05) is 26.8 Å². The van der Waals surface area contributed by atoms with Gasteiger partial charge in [-0.1, -0.05) is 12.1 Å². The van der Waals surface area contributed by atoms with Crippen LogP contribution in [0.1, 0.15) is 34.5 Å². The van der Waals surface area contributed by atoms with Crippen LogP contribution in [-0.2, 0) is 6.54 Å². The Kier molecular flexibility index (Phi) is 5.62. The van der Waals surface area contributed by atoms with Gasteiger partial charge in [-0.3, -0.25) is 4.79 Å². The molecule has 0 unspecified atom stereocenters. The van der Waals surface area contributed by atoms with Gasteiger partial charge in [0.25, 0.3) is 11.7 Å². The minimum Gasteiger partial charge on any atom is -0.494 e. The van der Waals surface area contributed by atoms with E-state index < -0.39 is 11.7 Å². The molecule has 0 radical (unpaired) electrons. The number of anilines is 1. The first-order valence-electron chi connectivity index (χ1n) is 9.95. The van der Waals surface area contributed by atoms with Gasteiger partial charge in [0.15, 0.2) is 5.82 Å². The second-order valence-corrected chi connectivity index (χ2v) is 7.08. The maximum absolute atomic E-state index is 14.4. The number of ether oxygens (including phenoxy) is 1. The molecule has 158 valence electrons. The molecule has 0 saturated carbocycles. The molecule has 0 bridgehead atoms. The summed E-state index contributed by atoms with van der Waals surface area (Å²) in [5.41, 5.74) is 2.27. The Hall–Kier alpha value is -3.81. The zero-order valence-corrected chi connectivity index (χ0v) is 17.5. The number of carbonyl (C=O) groups is 1. The second kappa shape index (κ2) is 8.51. The summed E-state index contributed by atoms with van der Waals surface area (Å²) in [6, 6.07) is 14.9. The van der Waals surface area contributed by atoms with Gasteiger partial charge in [-0.15, -0.1) is 5.10 Å². The maximum atomic E-state index is 14.4. The fourth-order valence-electron chi connectivity index (χ4n) is 3.37. The molecule has 2 heterocycles. The molecule has 0 aliphatic carbocycles. The Bertz CT molecular complexity index is 1240. The summed E-state index contributed by atoms with van der Waals surface area (Å²) < 4.78 is 21.5. The third-order valence-electron chi connectivity index (χ3n) is 4.77. The number of aromatic nitrogens is 4. The summed E-state index contributed by atoms with van der Waals surface area (Å²) >= 11 is 0. The van der Waals surface area contributed by atoms with Crippen LogP contribution in [0, 0.1) is 19.7 Å². The Morgan fingerprint density at radius 3 is 2.55 bits per heavy atom. The van der Waals surface area contributed by atoms with E-state index in [1.165, 1.54) is 17.0 Å². The van der Waals surface area contributed by atoms with Crippen LogP contribution in [0.5, 0.6) is 5.75 Å². The van der Waals surface area contributed by atoms with Crippen molar-refractivity contribution < 1.29 is 13.9 Å². The van der Waals surface area contributed by atoms with Crippen molar-refractivity contribution in [1.82, 2.24) is 19.6 Å². The van der Waals surface area contributed by atoms with Gasteiger partial charge in [-0.25, -0.2) is 13.9 Å². The summed E-state index contributed by atoms with van der Waals surface area (Å²) in [7, 11) is 0. The minimum absolute atomic E-state index is 0.0229. The predicted octanol–water partition coefficient (Wildman–Crippen LogP) is 4.13. The van der Waals surface area contributed by atoms with Crippen LogP contribution in [0.25, 0.3) is 5.78 Å². The summed E-state index contributed by atoms with van der Waals surface area (Å²) in [4.78, 5) is 23.6. The fourth-order valence-corrected chi connectivity index (χ4v) is 3.37. The Labute approximate surface area is 179 Å². The van der Waals surface area contributed by atoms with E-state index in [9.17, 15) is 9.18 Å². The number of carbonyl (C=O) groups excluding carboxylic acids is 1. The van der Waals surface area contributed by atoms with Crippen molar-refractivity contribution in [2.75, 3.05) is 11.5 Å². The summed E-state index contributed by atoms with van der Waals surface area (Å²) in [5.74, 6) is 0.476. The largest absolute Gasteiger partial charge is 0.494 e. The van der Waals surface area contributed by atoms with Gasteiger partial charge in [0.05, 0.1) is 18.7 Å². The molecule has 0 aliphatic rings. The number of nitrogens with zero attached hydrogens (tertiary/aromatic N) is 5. The van der Waals surface area contributed by atoms with Crippen LogP contribution < -0.4 is 9.64 Å². The lowest BCUT2D eigenvalue weighted by Gasteiger charge is -2.22. The number of amides is 1. The standard InChI is InChI=1S/C23H22FN5O2/c1-4-31-18-11-9-17(10-12-18)28(22(30)19-7-5-6-8-20(19)24)14-21-26-23-25-15(2)13-16(3)29(23)27-21/h5-13H,4,14H2,1-3H3. The van der Waals surface area contributed by atoms with Crippen molar-refractivity contribution >= 4 is 17.4 Å². The van der Waals surface area contributed by atoms with Crippen LogP contribution in [-0.4, -0.2) is 32.1 Å². The van der Waals surface area contributed by atoms with Gasteiger partial charge in [0, 0.05) is 17.1 Å². The molecule has 0 spiro atoms. The van der Waals surface area contributed by atoms with E-state index >= 15 is 0 Å². The molecule has 0 aliphatic heterocycles. The Morgan fingerprint density at radius 2 is 1.84 bits per heavy atom. The molecule has 0 N–H and O–H groups in total. The number of halogens is 1. The van der Waals surface area contributed by atoms with E-state index in [1.54, 1.807) is 40.9 Å². The zero-order chi connectivity index (χ0) is 22.0. The van der Waals surface area contributed by atoms with E-state index in [0.717, 1.165) is 11.4 Å². The van der Waals surface area contributed by atoms with Gasteiger partial charge >= 0.3 is 0 Å². The SMILES string of the molecule is CCOc1ccc(N(Cc2nc3nc(C)cc(C)n3n2)C(=O)c2ccccc2F)cc1. The monoisotopic (exact) mass is 419 g/mol. The van der Waals surface area contributed by atoms with Crippen molar-refractivity contribution in [2.24, 2.45) is 0 Å². The molecule has 31 heavy (non-hydrogen) atoms. The number of hydrogen-bond acceptors (Lipinski definition) is 5. The third kappa shape index (κ3) is 4.23. The van der Waals surface area contributed by atoms with Crippen LogP contribution >= 0.6 is 0 Å². The predicted molar refractivity (Wildman–Crippen MR) is 115 cm³/mol. The average Bonchev–Trinajstić information content (AvgIpc) is 3.16. The van der Waals surface area contributed by atoms with Crippen molar-refractivity contribution in [2.45, 2.75) is 27.3 Å². The highest BCUT2D eigenvalue weighted by atomic mass is 19.1. The lowest BCUT2D eigenvalue weighted by atomic mass is 10.1. The van der Waals surface area contributed by atoms with Crippen molar-refractivity contribution in [3.05, 3.63) is 83.2 Å². The lowest BCUT2D eigenvalue weighted by molar-refractivity contribution is 0.0980. The average molecular weight is 419 g/mol. The molecule has 0 fully saturated rings. The highest BCUT2D eigenvalue weighted by Gasteiger charge is 2.23. The van der Waals surface area contributed by atoms with E-state index in [0.29, 0.717) is 29.6 Å². The highest BCUT2D eigenvalue weighted by Crippen LogP contribution is 2.24. The van der Waals surface area contributed by atoms with E-state index in [-0.39, 0.29) is 12.1 Å². The Morgan fingerprint density at radius 1 is 1.10 bits per heavy atom. The first-order valence-corrected chi connectivity index (χ1v) is 9.95. The topological polar surface area (TPSA) is 72.6 Å².